The van der Waals surface area contributed by atoms with Gasteiger partial charge < -0.3 is 10.2 Å². The first kappa shape index (κ1) is 24.5. The number of sulfonamides is 1. The highest BCUT2D eigenvalue weighted by Gasteiger charge is 2.25. The smallest absolute Gasteiger partial charge is 0.259 e. The van der Waals surface area contributed by atoms with Gasteiger partial charge in [0.05, 0.1) is 5.69 Å². The summed E-state index contributed by atoms with van der Waals surface area (Å²) >= 11 is 6.12. The molecule has 0 bridgehead atoms. The molecule has 2 aliphatic rings. The molecule has 0 aromatic heterocycles. The molecular weight excluding hydrogens is 476 g/mol. The van der Waals surface area contributed by atoms with Crippen LogP contribution in [0.25, 0.3) is 0 Å². The second-order valence-corrected chi connectivity index (χ2v) is 10.8. The molecule has 0 radical (unpaired) electrons. The molecule has 2 aromatic carbocycles. The fourth-order valence-electron chi connectivity index (χ4n) is 4.06. The van der Waals surface area contributed by atoms with Gasteiger partial charge in [0.1, 0.15) is 4.90 Å². The minimum atomic E-state index is -4.01. The lowest BCUT2D eigenvalue weighted by Gasteiger charge is -2.27. The lowest BCUT2D eigenvalue weighted by atomic mass is 9.96. The van der Waals surface area contributed by atoms with Crippen LogP contribution in [-0.4, -0.2) is 38.2 Å². The first-order chi connectivity index (χ1) is 16.3. The minimum absolute atomic E-state index is 0.0221. The fourth-order valence-corrected chi connectivity index (χ4v) is 5.25. The van der Waals surface area contributed by atoms with E-state index in [0.717, 1.165) is 36.8 Å². The number of anilines is 1. The van der Waals surface area contributed by atoms with Crippen molar-refractivity contribution in [1.29, 1.82) is 0 Å². The van der Waals surface area contributed by atoms with Gasteiger partial charge in [-0.2, -0.15) is 0 Å². The summed E-state index contributed by atoms with van der Waals surface area (Å²) < 4.78 is 25.7. The van der Waals surface area contributed by atoms with Crippen LogP contribution in [0, 0.1) is 5.92 Å². The summed E-state index contributed by atoms with van der Waals surface area (Å²) in [4.78, 5) is 28.5. The zero-order valence-corrected chi connectivity index (χ0v) is 20.6. The van der Waals surface area contributed by atoms with Gasteiger partial charge in [-0.05, 0) is 61.1 Å². The number of carbonyl (C=O) groups excluding carboxylic acids is 2. The standard InChI is InChI=1S/C24H29ClN4O4S/c1-2-29-12-11-18-13-17(5-8-20(18)24(29)31)15-26-21-14-19(25)7-9-22(21)34(32,33)28-27-23(30)10-6-16-3-4-16/h5,7-9,13-14,16,26,28H,2-4,6,10-12,15H2,1H3,(H,27,30). The van der Waals surface area contributed by atoms with Gasteiger partial charge in [0.2, 0.25) is 5.91 Å². The van der Waals surface area contributed by atoms with E-state index >= 15 is 0 Å². The van der Waals surface area contributed by atoms with Crippen LogP contribution < -0.4 is 15.6 Å². The average Bonchev–Trinajstić information content (AvgIpc) is 3.65. The molecule has 8 nitrogen and oxygen atoms in total. The van der Waals surface area contributed by atoms with Crippen molar-refractivity contribution in [3.05, 3.63) is 58.1 Å². The Morgan fingerprint density at radius 2 is 1.97 bits per heavy atom. The van der Waals surface area contributed by atoms with E-state index in [1.165, 1.54) is 18.2 Å². The Kier molecular flexibility index (Phi) is 7.45. The van der Waals surface area contributed by atoms with Gasteiger partial charge in [-0.15, -0.1) is 4.83 Å². The second-order valence-electron chi connectivity index (χ2n) is 8.76. The molecule has 4 rings (SSSR count). The predicted octanol–water partition coefficient (Wildman–Crippen LogP) is 3.47. The molecular formula is C24H29ClN4O4S. The van der Waals surface area contributed by atoms with Crippen molar-refractivity contribution in [2.24, 2.45) is 5.92 Å². The van der Waals surface area contributed by atoms with E-state index in [-0.39, 0.29) is 23.1 Å². The highest BCUT2D eigenvalue weighted by atomic mass is 35.5. The molecule has 1 fully saturated rings. The normalized spacial score (nSPS) is 15.7. The van der Waals surface area contributed by atoms with E-state index < -0.39 is 10.0 Å². The number of amides is 2. The monoisotopic (exact) mass is 504 g/mol. The van der Waals surface area contributed by atoms with E-state index in [4.69, 9.17) is 11.6 Å². The largest absolute Gasteiger partial charge is 0.380 e. The van der Waals surface area contributed by atoms with E-state index in [1.807, 2.05) is 30.0 Å². The molecule has 0 saturated heterocycles. The van der Waals surface area contributed by atoms with Gasteiger partial charge in [0.15, 0.2) is 0 Å². The number of hydrazine groups is 1. The number of likely N-dealkylation sites (N-methyl/N-ethyl adjacent to an activating group) is 1. The first-order valence-corrected chi connectivity index (χ1v) is 13.4. The zero-order valence-electron chi connectivity index (χ0n) is 19.1. The summed E-state index contributed by atoms with van der Waals surface area (Å²) in [6.07, 6.45) is 4.11. The van der Waals surface area contributed by atoms with E-state index in [2.05, 4.69) is 15.6 Å². The van der Waals surface area contributed by atoms with Crippen molar-refractivity contribution in [3.63, 3.8) is 0 Å². The Balaban J connectivity index is 1.44. The molecule has 182 valence electrons. The predicted molar refractivity (Wildman–Crippen MR) is 131 cm³/mol. The van der Waals surface area contributed by atoms with Crippen LogP contribution >= 0.6 is 11.6 Å². The number of hydrogen-bond acceptors (Lipinski definition) is 5. The Labute approximate surface area is 205 Å². The van der Waals surface area contributed by atoms with Crippen molar-refractivity contribution in [2.75, 3.05) is 18.4 Å². The number of nitrogens with one attached hydrogen (secondary N) is 3. The molecule has 0 atom stereocenters. The van der Waals surface area contributed by atoms with Crippen molar-refractivity contribution < 1.29 is 18.0 Å². The summed E-state index contributed by atoms with van der Waals surface area (Å²) in [7, 11) is -4.01. The van der Waals surface area contributed by atoms with E-state index in [0.29, 0.717) is 41.8 Å². The number of fused-ring (bicyclic) bond motifs is 1. The number of nitrogens with zero attached hydrogens (tertiary/aromatic N) is 1. The number of halogens is 1. The summed E-state index contributed by atoms with van der Waals surface area (Å²) in [6.45, 7) is 3.68. The molecule has 34 heavy (non-hydrogen) atoms. The molecule has 10 heteroatoms. The SMILES string of the molecule is CCN1CCc2cc(CNc3cc(Cl)ccc3S(=O)(=O)NNC(=O)CCC3CC3)ccc2C1=O. The van der Waals surface area contributed by atoms with Crippen LogP contribution in [0.4, 0.5) is 5.69 Å². The van der Waals surface area contributed by atoms with Crippen LogP contribution in [0.1, 0.15) is 54.1 Å². The summed E-state index contributed by atoms with van der Waals surface area (Å²) in [6, 6.07) is 10.1. The Morgan fingerprint density at radius 1 is 1.18 bits per heavy atom. The van der Waals surface area contributed by atoms with Gasteiger partial charge in [-0.3, -0.25) is 15.0 Å². The highest BCUT2D eigenvalue weighted by molar-refractivity contribution is 7.89. The number of hydrogen-bond donors (Lipinski definition) is 3. The van der Waals surface area contributed by atoms with Crippen LogP contribution in [0.2, 0.25) is 5.02 Å². The Bertz CT molecular complexity index is 1200. The summed E-state index contributed by atoms with van der Waals surface area (Å²) in [5, 5.41) is 3.52. The topological polar surface area (TPSA) is 108 Å². The maximum atomic E-state index is 12.9. The lowest BCUT2D eigenvalue weighted by Crippen LogP contribution is -2.41. The van der Waals surface area contributed by atoms with Crippen molar-refractivity contribution >= 4 is 39.1 Å². The maximum Gasteiger partial charge on any atom is 0.259 e. The van der Waals surface area contributed by atoms with Gasteiger partial charge in [0, 0.05) is 36.6 Å². The molecule has 1 aliphatic carbocycles. The van der Waals surface area contributed by atoms with Crippen molar-refractivity contribution in [1.82, 2.24) is 15.2 Å². The van der Waals surface area contributed by atoms with Crippen LogP contribution in [-0.2, 0) is 27.8 Å². The third kappa shape index (κ3) is 5.89. The van der Waals surface area contributed by atoms with Crippen LogP contribution in [0.5, 0.6) is 0 Å². The summed E-state index contributed by atoms with van der Waals surface area (Å²) in [5.41, 5.74) is 5.23. The quantitative estimate of drug-likeness (QED) is 0.429. The first-order valence-electron chi connectivity index (χ1n) is 11.5. The molecule has 1 heterocycles. The lowest BCUT2D eigenvalue weighted by molar-refractivity contribution is -0.121. The van der Waals surface area contributed by atoms with E-state index in [1.54, 1.807) is 0 Å². The van der Waals surface area contributed by atoms with Gasteiger partial charge in [-0.25, -0.2) is 8.42 Å². The average molecular weight is 505 g/mol. The van der Waals surface area contributed by atoms with E-state index in [9.17, 15) is 18.0 Å². The third-order valence-electron chi connectivity index (χ3n) is 6.24. The molecule has 2 aromatic rings. The molecule has 2 amide bonds. The third-order valence-corrected chi connectivity index (χ3v) is 7.78. The fraction of sp³-hybridized carbons (Fsp3) is 0.417. The summed E-state index contributed by atoms with van der Waals surface area (Å²) in [5.74, 6) is 0.266. The maximum absolute atomic E-state index is 12.9. The molecule has 1 saturated carbocycles. The second kappa shape index (κ2) is 10.3. The molecule has 0 spiro atoms. The van der Waals surface area contributed by atoms with Gasteiger partial charge in [0.25, 0.3) is 15.9 Å². The van der Waals surface area contributed by atoms with Gasteiger partial charge in [-0.1, -0.05) is 36.6 Å². The van der Waals surface area contributed by atoms with Crippen LogP contribution in [0.3, 0.4) is 0 Å². The highest BCUT2D eigenvalue weighted by Crippen LogP contribution is 2.33. The molecule has 3 N–H and O–H groups in total. The molecule has 1 aliphatic heterocycles. The molecule has 0 unspecified atom stereocenters. The minimum Gasteiger partial charge on any atom is -0.380 e. The number of carbonyl (C=O) groups is 2. The number of benzene rings is 2. The Hall–Kier alpha value is -2.62. The van der Waals surface area contributed by atoms with Crippen molar-refractivity contribution in [3.8, 4) is 0 Å². The Morgan fingerprint density at radius 3 is 2.71 bits per heavy atom. The van der Waals surface area contributed by atoms with Gasteiger partial charge >= 0.3 is 0 Å². The zero-order chi connectivity index (χ0) is 24.3. The number of rotatable bonds is 10. The van der Waals surface area contributed by atoms with Crippen molar-refractivity contribution in [2.45, 2.75) is 50.5 Å². The van der Waals surface area contributed by atoms with Crippen LogP contribution in [0.15, 0.2) is 41.3 Å².